The highest BCUT2D eigenvalue weighted by Gasteiger charge is 2.21. The van der Waals surface area contributed by atoms with Gasteiger partial charge in [0.2, 0.25) is 11.9 Å². The molecule has 30 heavy (non-hydrogen) atoms. The second-order valence-corrected chi connectivity index (χ2v) is 7.85. The molecule has 2 aromatic heterocycles. The summed E-state index contributed by atoms with van der Waals surface area (Å²) >= 11 is 0. The van der Waals surface area contributed by atoms with Crippen molar-refractivity contribution in [1.29, 1.82) is 0 Å². The lowest BCUT2D eigenvalue weighted by Crippen LogP contribution is -2.38. The average molecular weight is 412 g/mol. The zero-order valence-electron chi connectivity index (χ0n) is 17.6. The summed E-state index contributed by atoms with van der Waals surface area (Å²) in [5, 5.41) is 0. The van der Waals surface area contributed by atoms with Gasteiger partial charge in [0.1, 0.15) is 11.6 Å². The topological polar surface area (TPSA) is 97.2 Å². The molecule has 0 unspecified atom stereocenters. The van der Waals surface area contributed by atoms with Gasteiger partial charge in [-0.05, 0) is 19.8 Å². The van der Waals surface area contributed by atoms with Gasteiger partial charge in [0.05, 0.1) is 18.8 Å². The largest absolute Gasteiger partial charge is 0.378 e. The Morgan fingerprint density at radius 3 is 2.10 bits per heavy atom. The van der Waals surface area contributed by atoms with Crippen molar-refractivity contribution in [2.45, 2.75) is 45.4 Å². The van der Waals surface area contributed by atoms with Gasteiger partial charge in [0.25, 0.3) is 0 Å². The van der Waals surface area contributed by atoms with E-state index in [1.54, 1.807) is 19.3 Å². The van der Waals surface area contributed by atoms with Crippen LogP contribution in [0.25, 0.3) is 11.4 Å². The number of ketones is 1. The summed E-state index contributed by atoms with van der Waals surface area (Å²) in [5.41, 5.74) is 0.759. The first kappa shape index (κ1) is 20.6. The number of anilines is 2. The fourth-order valence-electron chi connectivity index (χ4n) is 3.69. The van der Waals surface area contributed by atoms with E-state index in [4.69, 9.17) is 19.7 Å². The molecule has 9 heteroatoms. The summed E-state index contributed by atoms with van der Waals surface area (Å²) in [6, 6.07) is 0. The van der Waals surface area contributed by atoms with Crippen LogP contribution >= 0.6 is 0 Å². The molecule has 0 spiro atoms. The molecule has 0 aliphatic carbocycles. The minimum absolute atomic E-state index is 0.136. The summed E-state index contributed by atoms with van der Waals surface area (Å²) in [5.74, 6) is 2.79. The molecule has 4 rings (SSSR count). The maximum atomic E-state index is 11.2. The van der Waals surface area contributed by atoms with Crippen molar-refractivity contribution in [1.82, 2.24) is 24.9 Å². The van der Waals surface area contributed by atoms with Crippen LogP contribution in [0.3, 0.4) is 0 Å². The lowest BCUT2D eigenvalue weighted by atomic mass is 10.2. The number of Topliss-reactive ketones (excluding diaryl/α,β-unsaturated/α-hetero) is 1. The normalized spacial score (nSPS) is 17.6. The highest BCUT2D eigenvalue weighted by Crippen LogP contribution is 2.23. The summed E-state index contributed by atoms with van der Waals surface area (Å²) in [6.45, 7) is 6.39. The van der Waals surface area contributed by atoms with Crippen molar-refractivity contribution in [3.8, 4) is 11.4 Å². The quantitative estimate of drug-likeness (QED) is 0.707. The van der Waals surface area contributed by atoms with Crippen LogP contribution < -0.4 is 9.80 Å². The Morgan fingerprint density at radius 2 is 1.50 bits per heavy atom. The maximum Gasteiger partial charge on any atom is 0.230 e. The second-order valence-electron chi connectivity index (χ2n) is 7.85. The van der Waals surface area contributed by atoms with Crippen LogP contribution in [0.4, 0.5) is 11.9 Å². The summed E-state index contributed by atoms with van der Waals surface area (Å²) in [6.07, 6.45) is 9.29. The van der Waals surface area contributed by atoms with E-state index in [-0.39, 0.29) is 5.78 Å². The average Bonchev–Trinajstić information content (AvgIpc) is 3.08. The number of aromatic nitrogens is 5. The maximum absolute atomic E-state index is 11.2. The first-order valence-corrected chi connectivity index (χ1v) is 10.8. The number of aryl methyl sites for hydroxylation is 1. The van der Waals surface area contributed by atoms with Gasteiger partial charge in [-0.25, -0.2) is 9.97 Å². The molecule has 2 aliphatic rings. The smallest absolute Gasteiger partial charge is 0.230 e. The predicted octanol–water partition coefficient (Wildman–Crippen LogP) is 2.07. The Kier molecular flexibility index (Phi) is 6.78. The first-order chi connectivity index (χ1) is 14.7. The standard InChI is InChI=1S/C21H29N7O2/c1-16(29)6-7-18-22-14-17(15-23-18)19-24-20(27-8-4-2-3-5-9-27)26-21(25-19)28-10-12-30-13-11-28/h14-15H,2-13H2,1H3. The molecule has 4 heterocycles. The van der Waals surface area contributed by atoms with Gasteiger partial charge in [-0.15, -0.1) is 0 Å². The van der Waals surface area contributed by atoms with Crippen molar-refractivity contribution in [3.63, 3.8) is 0 Å². The first-order valence-electron chi connectivity index (χ1n) is 10.8. The number of carbonyl (C=O) groups excluding carboxylic acids is 1. The second kappa shape index (κ2) is 9.88. The SMILES string of the molecule is CC(=O)CCc1ncc(-c2nc(N3CCCCCC3)nc(N3CCOCC3)n2)cn1. The van der Waals surface area contributed by atoms with E-state index in [9.17, 15) is 4.79 Å². The van der Waals surface area contributed by atoms with E-state index in [0.29, 0.717) is 43.7 Å². The summed E-state index contributed by atoms with van der Waals surface area (Å²) in [4.78, 5) is 38.8. The number of nitrogens with zero attached hydrogens (tertiary/aromatic N) is 7. The van der Waals surface area contributed by atoms with Crippen LogP contribution in [0.2, 0.25) is 0 Å². The molecule has 0 N–H and O–H groups in total. The Balaban J connectivity index is 1.63. The van der Waals surface area contributed by atoms with E-state index in [2.05, 4.69) is 19.8 Å². The van der Waals surface area contributed by atoms with Gasteiger partial charge in [-0.3, -0.25) is 0 Å². The number of ether oxygens (including phenoxy) is 1. The molecular formula is C21H29N7O2. The van der Waals surface area contributed by atoms with E-state index >= 15 is 0 Å². The van der Waals surface area contributed by atoms with Crippen LogP contribution in [0.5, 0.6) is 0 Å². The van der Waals surface area contributed by atoms with Crippen molar-refractivity contribution in [2.75, 3.05) is 49.2 Å². The van der Waals surface area contributed by atoms with Crippen molar-refractivity contribution < 1.29 is 9.53 Å². The van der Waals surface area contributed by atoms with E-state index in [0.717, 1.165) is 50.5 Å². The fourth-order valence-corrected chi connectivity index (χ4v) is 3.69. The molecule has 160 valence electrons. The van der Waals surface area contributed by atoms with Crippen LogP contribution in [-0.2, 0) is 16.0 Å². The minimum Gasteiger partial charge on any atom is -0.378 e. The Bertz CT molecular complexity index is 845. The molecule has 0 bridgehead atoms. The number of carbonyl (C=O) groups is 1. The molecule has 0 atom stereocenters. The number of hydrogen-bond donors (Lipinski definition) is 0. The third-order valence-corrected chi connectivity index (χ3v) is 5.46. The van der Waals surface area contributed by atoms with Gasteiger partial charge >= 0.3 is 0 Å². The molecular weight excluding hydrogens is 382 g/mol. The van der Waals surface area contributed by atoms with Crippen molar-refractivity contribution in [3.05, 3.63) is 18.2 Å². The van der Waals surface area contributed by atoms with E-state index < -0.39 is 0 Å². The third-order valence-electron chi connectivity index (χ3n) is 5.46. The van der Waals surface area contributed by atoms with Crippen LogP contribution in [0, 0.1) is 0 Å². The van der Waals surface area contributed by atoms with E-state index in [1.165, 1.54) is 12.8 Å². The van der Waals surface area contributed by atoms with Gasteiger partial charge in [-0.2, -0.15) is 15.0 Å². The van der Waals surface area contributed by atoms with Crippen LogP contribution in [0.1, 0.15) is 44.9 Å². The van der Waals surface area contributed by atoms with Crippen LogP contribution in [-0.4, -0.2) is 70.1 Å². The fraction of sp³-hybridized carbons (Fsp3) is 0.619. The predicted molar refractivity (Wildman–Crippen MR) is 114 cm³/mol. The Hall–Kier alpha value is -2.68. The third kappa shape index (κ3) is 5.27. The molecule has 2 aromatic rings. The number of morpholine rings is 1. The lowest BCUT2D eigenvalue weighted by molar-refractivity contribution is -0.117. The number of hydrogen-bond acceptors (Lipinski definition) is 9. The monoisotopic (exact) mass is 411 g/mol. The number of rotatable bonds is 6. The van der Waals surface area contributed by atoms with Gasteiger partial charge in [-0.1, -0.05) is 12.8 Å². The lowest BCUT2D eigenvalue weighted by Gasteiger charge is -2.28. The Labute approximate surface area is 176 Å². The molecule has 2 saturated heterocycles. The molecule has 2 aliphatic heterocycles. The van der Waals surface area contributed by atoms with Crippen molar-refractivity contribution >= 4 is 17.7 Å². The summed E-state index contributed by atoms with van der Waals surface area (Å²) in [7, 11) is 0. The molecule has 0 aromatic carbocycles. The van der Waals surface area contributed by atoms with Gasteiger partial charge in [0.15, 0.2) is 5.82 Å². The van der Waals surface area contributed by atoms with Gasteiger partial charge < -0.3 is 19.3 Å². The highest BCUT2D eigenvalue weighted by molar-refractivity contribution is 5.75. The van der Waals surface area contributed by atoms with E-state index in [1.807, 2.05) is 0 Å². The molecule has 9 nitrogen and oxygen atoms in total. The zero-order valence-corrected chi connectivity index (χ0v) is 17.6. The zero-order chi connectivity index (χ0) is 20.8. The van der Waals surface area contributed by atoms with Gasteiger partial charge in [0, 0.05) is 51.4 Å². The molecule has 0 radical (unpaired) electrons. The summed E-state index contributed by atoms with van der Waals surface area (Å²) < 4.78 is 5.48. The minimum atomic E-state index is 0.136. The highest BCUT2D eigenvalue weighted by atomic mass is 16.5. The molecule has 2 fully saturated rings. The van der Waals surface area contributed by atoms with Crippen molar-refractivity contribution in [2.24, 2.45) is 0 Å². The molecule has 0 amide bonds. The Morgan fingerprint density at radius 1 is 0.900 bits per heavy atom. The van der Waals surface area contributed by atoms with Crippen LogP contribution in [0.15, 0.2) is 12.4 Å². The molecule has 0 saturated carbocycles.